The van der Waals surface area contributed by atoms with E-state index in [4.69, 9.17) is 0 Å². The third kappa shape index (κ3) is 2.84. The highest BCUT2D eigenvalue weighted by Crippen LogP contribution is 2.08. The monoisotopic (exact) mass is 196 g/mol. The van der Waals surface area contributed by atoms with E-state index in [1.807, 2.05) is 18.7 Å². The number of piperazine rings is 1. The molecule has 2 atom stereocenters. The molecule has 3 heteroatoms. The standard InChI is InChI=1S/C11H20N2O/c1-8(2)5-11(14)13-7-9(3)12-6-10(13)4/h5,9-10,12H,6-7H2,1-4H3. The van der Waals surface area contributed by atoms with Crippen LogP contribution in [0.2, 0.25) is 0 Å². The number of amides is 1. The molecule has 2 unspecified atom stereocenters. The molecule has 1 aliphatic heterocycles. The highest BCUT2D eigenvalue weighted by atomic mass is 16.2. The molecular formula is C11H20N2O. The summed E-state index contributed by atoms with van der Waals surface area (Å²) in [5.41, 5.74) is 1.06. The molecule has 1 amide bonds. The van der Waals surface area contributed by atoms with Crippen LogP contribution in [0.1, 0.15) is 27.7 Å². The van der Waals surface area contributed by atoms with Crippen molar-refractivity contribution in [1.82, 2.24) is 10.2 Å². The van der Waals surface area contributed by atoms with Gasteiger partial charge in [0.1, 0.15) is 0 Å². The summed E-state index contributed by atoms with van der Waals surface area (Å²) in [5, 5.41) is 3.36. The Morgan fingerprint density at radius 2 is 2.07 bits per heavy atom. The zero-order valence-electron chi connectivity index (χ0n) is 9.50. The molecular weight excluding hydrogens is 176 g/mol. The summed E-state index contributed by atoms with van der Waals surface area (Å²) < 4.78 is 0. The number of carbonyl (C=O) groups excluding carboxylic acids is 1. The Labute approximate surface area is 86.2 Å². The van der Waals surface area contributed by atoms with Gasteiger partial charge in [0.25, 0.3) is 0 Å². The lowest BCUT2D eigenvalue weighted by atomic mass is 10.1. The molecule has 1 saturated heterocycles. The maximum atomic E-state index is 11.8. The van der Waals surface area contributed by atoms with Crippen LogP contribution in [0.4, 0.5) is 0 Å². The Morgan fingerprint density at radius 3 is 2.64 bits per heavy atom. The van der Waals surface area contributed by atoms with Crippen molar-refractivity contribution in [2.75, 3.05) is 13.1 Å². The van der Waals surface area contributed by atoms with Gasteiger partial charge < -0.3 is 10.2 Å². The summed E-state index contributed by atoms with van der Waals surface area (Å²) in [6.45, 7) is 9.79. The van der Waals surface area contributed by atoms with Crippen LogP contribution in [-0.4, -0.2) is 36.0 Å². The molecule has 0 aromatic carbocycles. The number of hydrogen-bond donors (Lipinski definition) is 1. The smallest absolute Gasteiger partial charge is 0.246 e. The van der Waals surface area contributed by atoms with E-state index in [2.05, 4.69) is 19.2 Å². The minimum atomic E-state index is 0.144. The molecule has 1 rings (SSSR count). The van der Waals surface area contributed by atoms with Crippen molar-refractivity contribution >= 4 is 5.91 Å². The van der Waals surface area contributed by atoms with Gasteiger partial charge in [0.05, 0.1) is 0 Å². The summed E-state index contributed by atoms with van der Waals surface area (Å²) in [6, 6.07) is 0.704. The van der Waals surface area contributed by atoms with E-state index in [0.29, 0.717) is 12.1 Å². The minimum Gasteiger partial charge on any atom is -0.334 e. The summed E-state index contributed by atoms with van der Waals surface area (Å²) in [7, 11) is 0. The first-order valence-corrected chi connectivity index (χ1v) is 5.19. The van der Waals surface area contributed by atoms with Gasteiger partial charge in [-0.05, 0) is 27.7 Å². The van der Waals surface area contributed by atoms with Crippen molar-refractivity contribution < 1.29 is 4.79 Å². The van der Waals surface area contributed by atoms with Crippen LogP contribution in [-0.2, 0) is 4.79 Å². The minimum absolute atomic E-state index is 0.144. The first kappa shape index (κ1) is 11.2. The SMILES string of the molecule is CC(C)=CC(=O)N1CC(C)NCC1C. The van der Waals surface area contributed by atoms with Crippen molar-refractivity contribution in [2.45, 2.75) is 39.8 Å². The Hall–Kier alpha value is -0.830. The topological polar surface area (TPSA) is 32.3 Å². The van der Waals surface area contributed by atoms with Gasteiger partial charge in [-0.25, -0.2) is 0 Å². The average molecular weight is 196 g/mol. The van der Waals surface area contributed by atoms with E-state index in [1.165, 1.54) is 0 Å². The normalized spacial score (nSPS) is 27.3. The van der Waals surface area contributed by atoms with E-state index < -0.39 is 0 Å². The molecule has 0 saturated carbocycles. The largest absolute Gasteiger partial charge is 0.334 e. The number of nitrogens with zero attached hydrogens (tertiary/aromatic N) is 1. The molecule has 80 valence electrons. The fourth-order valence-corrected chi connectivity index (χ4v) is 1.66. The van der Waals surface area contributed by atoms with Gasteiger partial charge in [-0.2, -0.15) is 0 Å². The molecule has 1 aliphatic rings. The van der Waals surface area contributed by atoms with Crippen LogP contribution in [0.3, 0.4) is 0 Å². The summed E-state index contributed by atoms with van der Waals surface area (Å²) in [5.74, 6) is 0.144. The lowest BCUT2D eigenvalue weighted by Gasteiger charge is -2.37. The highest BCUT2D eigenvalue weighted by Gasteiger charge is 2.24. The second-order valence-electron chi connectivity index (χ2n) is 4.37. The predicted octanol–water partition coefficient (Wildman–Crippen LogP) is 1.16. The van der Waals surface area contributed by atoms with E-state index in [9.17, 15) is 4.79 Å². The average Bonchev–Trinajstić information content (AvgIpc) is 2.08. The van der Waals surface area contributed by atoms with Gasteiger partial charge in [-0.3, -0.25) is 4.79 Å². The first-order chi connectivity index (χ1) is 6.50. The Kier molecular flexibility index (Phi) is 3.69. The number of hydrogen-bond acceptors (Lipinski definition) is 2. The van der Waals surface area contributed by atoms with Crippen molar-refractivity contribution in [3.05, 3.63) is 11.6 Å². The fourth-order valence-electron chi connectivity index (χ4n) is 1.66. The number of nitrogens with one attached hydrogen (secondary N) is 1. The molecule has 0 bridgehead atoms. The van der Waals surface area contributed by atoms with Gasteiger partial charge in [-0.1, -0.05) is 5.57 Å². The highest BCUT2D eigenvalue weighted by molar-refractivity contribution is 5.88. The third-order valence-electron chi connectivity index (χ3n) is 2.46. The van der Waals surface area contributed by atoms with Crippen molar-refractivity contribution in [1.29, 1.82) is 0 Å². The molecule has 0 aliphatic carbocycles. The molecule has 1 fully saturated rings. The maximum absolute atomic E-state index is 11.8. The van der Waals surface area contributed by atoms with Crippen molar-refractivity contribution in [2.24, 2.45) is 0 Å². The van der Waals surface area contributed by atoms with E-state index in [-0.39, 0.29) is 5.91 Å². The first-order valence-electron chi connectivity index (χ1n) is 5.19. The summed E-state index contributed by atoms with van der Waals surface area (Å²) in [6.07, 6.45) is 1.72. The van der Waals surface area contributed by atoms with E-state index in [0.717, 1.165) is 18.7 Å². The third-order valence-corrected chi connectivity index (χ3v) is 2.46. The molecule has 0 radical (unpaired) electrons. The van der Waals surface area contributed by atoms with Crippen LogP contribution in [0.5, 0.6) is 0 Å². The zero-order valence-corrected chi connectivity index (χ0v) is 9.50. The summed E-state index contributed by atoms with van der Waals surface area (Å²) >= 11 is 0. The maximum Gasteiger partial charge on any atom is 0.246 e. The van der Waals surface area contributed by atoms with Gasteiger partial charge in [0.2, 0.25) is 5.91 Å². The van der Waals surface area contributed by atoms with E-state index in [1.54, 1.807) is 6.08 Å². The molecule has 0 spiro atoms. The predicted molar refractivity (Wildman–Crippen MR) is 58.1 cm³/mol. The second kappa shape index (κ2) is 4.60. The van der Waals surface area contributed by atoms with Gasteiger partial charge >= 0.3 is 0 Å². The molecule has 3 nitrogen and oxygen atoms in total. The van der Waals surface area contributed by atoms with Gasteiger partial charge in [0.15, 0.2) is 0 Å². The molecule has 14 heavy (non-hydrogen) atoms. The molecule has 0 aromatic rings. The Bertz CT molecular complexity index is 244. The second-order valence-corrected chi connectivity index (χ2v) is 4.37. The molecule has 1 N–H and O–H groups in total. The fraction of sp³-hybridized carbons (Fsp3) is 0.727. The van der Waals surface area contributed by atoms with Gasteiger partial charge in [-0.15, -0.1) is 0 Å². The number of allylic oxidation sites excluding steroid dienone is 1. The van der Waals surface area contributed by atoms with E-state index >= 15 is 0 Å². The zero-order chi connectivity index (χ0) is 10.7. The van der Waals surface area contributed by atoms with Crippen molar-refractivity contribution in [3.8, 4) is 0 Å². The summed E-state index contributed by atoms with van der Waals surface area (Å²) in [4.78, 5) is 13.7. The number of carbonyl (C=O) groups is 1. The lowest BCUT2D eigenvalue weighted by molar-refractivity contribution is -0.129. The van der Waals surface area contributed by atoms with Crippen LogP contribution in [0.15, 0.2) is 11.6 Å². The van der Waals surface area contributed by atoms with Crippen LogP contribution in [0, 0.1) is 0 Å². The Morgan fingerprint density at radius 1 is 1.43 bits per heavy atom. The van der Waals surface area contributed by atoms with Crippen LogP contribution >= 0.6 is 0 Å². The van der Waals surface area contributed by atoms with Crippen molar-refractivity contribution in [3.63, 3.8) is 0 Å². The van der Waals surface area contributed by atoms with Gasteiger partial charge in [0, 0.05) is 31.2 Å². The van der Waals surface area contributed by atoms with Crippen LogP contribution < -0.4 is 5.32 Å². The molecule has 1 heterocycles. The number of rotatable bonds is 1. The lowest BCUT2D eigenvalue weighted by Crippen LogP contribution is -2.55. The Balaban J connectivity index is 2.65. The molecule has 0 aromatic heterocycles. The van der Waals surface area contributed by atoms with Crippen LogP contribution in [0.25, 0.3) is 0 Å². The quantitative estimate of drug-likeness (QED) is 0.638.